The van der Waals surface area contributed by atoms with Crippen molar-refractivity contribution in [1.82, 2.24) is 5.32 Å². The zero-order chi connectivity index (χ0) is 15.1. The fourth-order valence-corrected chi connectivity index (χ4v) is 3.66. The van der Waals surface area contributed by atoms with E-state index in [2.05, 4.69) is 40.0 Å². The molecule has 1 aromatic heterocycles. The second kappa shape index (κ2) is 8.60. The van der Waals surface area contributed by atoms with Gasteiger partial charge in [0.25, 0.3) is 0 Å². The third-order valence-corrected chi connectivity index (χ3v) is 5.01. The molecule has 0 radical (unpaired) electrons. The van der Waals surface area contributed by atoms with E-state index in [9.17, 15) is 4.79 Å². The van der Waals surface area contributed by atoms with Gasteiger partial charge < -0.3 is 10.1 Å². The number of nitrogens with one attached hydrogen (secondary N) is 1. The first-order chi connectivity index (χ1) is 10.1. The Kier molecular flexibility index (Phi) is 6.79. The third kappa shape index (κ3) is 5.84. The highest BCUT2D eigenvalue weighted by Gasteiger charge is 2.04. The van der Waals surface area contributed by atoms with Crippen LogP contribution in [0.3, 0.4) is 0 Å². The summed E-state index contributed by atoms with van der Waals surface area (Å²) in [6, 6.07) is 11.4. The van der Waals surface area contributed by atoms with Gasteiger partial charge in [-0.3, -0.25) is 4.79 Å². The van der Waals surface area contributed by atoms with Gasteiger partial charge in [-0.15, -0.1) is 11.3 Å². The molecule has 0 saturated heterocycles. The van der Waals surface area contributed by atoms with Gasteiger partial charge in [-0.05, 0) is 53.3 Å². The number of benzene rings is 1. The fourth-order valence-electron chi connectivity index (χ4n) is 1.72. The molecule has 0 unspecified atom stereocenters. The third-order valence-electron chi connectivity index (χ3n) is 2.75. The SMILES string of the molecule is O=C(CCOc1ccccc1Cl)NCCc1ccc(I)s1. The lowest BCUT2D eigenvalue weighted by Crippen LogP contribution is -2.26. The van der Waals surface area contributed by atoms with Gasteiger partial charge in [0.2, 0.25) is 5.91 Å². The van der Waals surface area contributed by atoms with E-state index in [0.717, 1.165) is 6.42 Å². The Labute approximate surface area is 146 Å². The Balaban J connectivity index is 1.63. The van der Waals surface area contributed by atoms with E-state index in [1.165, 1.54) is 7.76 Å². The van der Waals surface area contributed by atoms with Gasteiger partial charge in [-0.25, -0.2) is 0 Å². The number of rotatable bonds is 7. The van der Waals surface area contributed by atoms with Crippen molar-refractivity contribution >= 4 is 51.4 Å². The molecule has 0 aliphatic carbocycles. The van der Waals surface area contributed by atoms with E-state index in [1.807, 2.05) is 12.1 Å². The first kappa shape index (κ1) is 16.6. The maximum absolute atomic E-state index is 11.7. The molecule has 1 heterocycles. The van der Waals surface area contributed by atoms with Crippen molar-refractivity contribution in [2.24, 2.45) is 0 Å². The van der Waals surface area contributed by atoms with Crippen LogP contribution in [0.2, 0.25) is 5.02 Å². The van der Waals surface area contributed by atoms with Gasteiger partial charge in [0.15, 0.2) is 0 Å². The van der Waals surface area contributed by atoms with Crippen molar-refractivity contribution in [2.45, 2.75) is 12.8 Å². The Morgan fingerprint density at radius 1 is 1.29 bits per heavy atom. The maximum Gasteiger partial charge on any atom is 0.223 e. The summed E-state index contributed by atoms with van der Waals surface area (Å²) in [5.41, 5.74) is 0. The number of carbonyl (C=O) groups excluding carboxylic acids is 1. The number of carbonyl (C=O) groups is 1. The van der Waals surface area contributed by atoms with Crippen molar-refractivity contribution < 1.29 is 9.53 Å². The van der Waals surface area contributed by atoms with Crippen LogP contribution < -0.4 is 10.1 Å². The Bertz CT molecular complexity index is 603. The number of ether oxygens (including phenoxy) is 1. The van der Waals surface area contributed by atoms with Crippen LogP contribution >= 0.6 is 45.5 Å². The average molecular weight is 436 g/mol. The number of halogens is 2. The Hall–Kier alpha value is -0.790. The molecule has 2 rings (SSSR count). The summed E-state index contributed by atoms with van der Waals surface area (Å²) < 4.78 is 6.75. The van der Waals surface area contributed by atoms with E-state index < -0.39 is 0 Å². The molecule has 112 valence electrons. The van der Waals surface area contributed by atoms with Crippen molar-refractivity contribution in [2.75, 3.05) is 13.2 Å². The largest absolute Gasteiger partial charge is 0.491 e. The molecule has 0 spiro atoms. The van der Waals surface area contributed by atoms with Crippen LogP contribution in [0.4, 0.5) is 0 Å². The second-order valence-electron chi connectivity index (χ2n) is 4.33. The summed E-state index contributed by atoms with van der Waals surface area (Å²) in [6.45, 7) is 0.980. The van der Waals surface area contributed by atoms with Gasteiger partial charge in [0, 0.05) is 11.4 Å². The zero-order valence-corrected chi connectivity index (χ0v) is 15.0. The molecule has 1 N–H and O–H groups in total. The number of hydrogen-bond donors (Lipinski definition) is 1. The highest BCUT2D eigenvalue weighted by molar-refractivity contribution is 14.1. The van der Waals surface area contributed by atoms with Crippen LogP contribution in [0.5, 0.6) is 5.75 Å². The molecule has 2 aromatic rings. The molecule has 0 aliphatic rings. The standard InChI is InChI=1S/C15H15ClINO2S/c16-12-3-1-2-4-13(12)20-10-8-15(19)18-9-7-11-5-6-14(17)21-11/h1-6H,7-10H2,(H,18,19). The Morgan fingerprint density at radius 2 is 2.10 bits per heavy atom. The summed E-state index contributed by atoms with van der Waals surface area (Å²) in [7, 11) is 0. The highest BCUT2D eigenvalue weighted by Crippen LogP contribution is 2.23. The van der Waals surface area contributed by atoms with Crippen LogP contribution in [-0.4, -0.2) is 19.1 Å². The molecular weight excluding hydrogens is 421 g/mol. The van der Waals surface area contributed by atoms with E-state index in [1.54, 1.807) is 23.5 Å². The lowest BCUT2D eigenvalue weighted by molar-refractivity contribution is -0.121. The number of para-hydroxylation sites is 1. The van der Waals surface area contributed by atoms with E-state index in [4.69, 9.17) is 16.3 Å². The first-order valence-electron chi connectivity index (χ1n) is 6.53. The predicted molar refractivity (Wildman–Crippen MR) is 95.3 cm³/mol. The minimum atomic E-state index is -0.00620. The van der Waals surface area contributed by atoms with Gasteiger partial charge in [-0.2, -0.15) is 0 Å². The topological polar surface area (TPSA) is 38.3 Å². The minimum Gasteiger partial charge on any atom is -0.491 e. The van der Waals surface area contributed by atoms with E-state index in [-0.39, 0.29) is 5.91 Å². The van der Waals surface area contributed by atoms with Gasteiger partial charge in [-0.1, -0.05) is 23.7 Å². The van der Waals surface area contributed by atoms with Gasteiger partial charge in [0.1, 0.15) is 5.75 Å². The summed E-state index contributed by atoms with van der Waals surface area (Å²) >= 11 is 10.0. The summed E-state index contributed by atoms with van der Waals surface area (Å²) in [5, 5.41) is 3.45. The van der Waals surface area contributed by atoms with Crippen LogP contribution in [0, 0.1) is 2.88 Å². The maximum atomic E-state index is 11.7. The average Bonchev–Trinajstić information content (AvgIpc) is 2.87. The summed E-state index contributed by atoms with van der Waals surface area (Å²) in [5.74, 6) is 0.605. The van der Waals surface area contributed by atoms with Crippen LogP contribution in [0.15, 0.2) is 36.4 Å². The lowest BCUT2D eigenvalue weighted by Gasteiger charge is -2.08. The molecule has 1 aromatic carbocycles. The zero-order valence-electron chi connectivity index (χ0n) is 11.3. The summed E-state index contributed by atoms with van der Waals surface area (Å²) in [6.07, 6.45) is 1.19. The normalized spacial score (nSPS) is 10.4. The van der Waals surface area contributed by atoms with Crippen LogP contribution in [0.25, 0.3) is 0 Å². The van der Waals surface area contributed by atoms with Crippen LogP contribution in [0.1, 0.15) is 11.3 Å². The second-order valence-corrected chi connectivity index (χ2v) is 7.80. The fraction of sp³-hybridized carbons (Fsp3) is 0.267. The molecule has 0 saturated carbocycles. The molecular formula is C15H15ClINO2S. The Morgan fingerprint density at radius 3 is 2.81 bits per heavy atom. The van der Waals surface area contributed by atoms with Gasteiger partial charge in [0.05, 0.1) is 20.9 Å². The smallest absolute Gasteiger partial charge is 0.223 e. The number of hydrogen-bond acceptors (Lipinski definition) is 3. The van der Waals surface area contributed by atoms with Gasteiger partial charge >= 0.3 is 0 Å². The minimum absolute atomic E-state index is 0.00620. The van der Waals surface area contributed by atoms with E-state index in [0.29, 0.717) is 30.3 Å². The number of amides is 1. The van der Waals surface area contributed by atoms with Crippen molar-refractivity contribution in [3.8, 4) is 5.75 Å². The molecule has 0 bridgehead atoms. The predicted octanol–water partition coefficient (Wildman–Crippen LogP) is 4.13. The molecule has 1 amide bonds. The first-order valence-corrected chi connectivity index (χ1v) is 8.81. The number of thiophene rings is 1. The van der Waals surface area contributed by atoms with Crippen molar-refractivity contribution in [3.63, 3.8) is 0 Å². The monoisotopic (exact) mass is 435 g/mol. The highest BCUT2D eigenvalue weighted by atomic mass is 127. The van der Waals surface area contributed by atoms with Crippen LogP contribution in [-0.2, 0) is 11.2 Å². The van der Waals surface area contributed by atoms with Crippen molar-refractivity contribution in [3.05, 3.63) is 49.2 Å². The molecule has 21 heavy (non-hydrogen) atoms. The summed E-state index contributed by atoms with van der Waals surface area (Å²) in [4.78, 5) is 13.0. The molecule has 3 nitrogen and oxygen atoms in total. The van der Waals surface area contributed by atoms with E-state index >= 15 is 0 Å². The molecule has 0 atom stereocenters. The molecule has 6 heteroatoms. The van der Waals surface area contributed by atoms with Crippen molar-refractivity contribution in [1.29, 1.82) is 0 Å². The molecule has 0 aliphatic heterocycles. The quantitative estimate of drug-likeness (QED) is 0.664. The molecule has 0 fully saturated rings. The lowest BCUT2D eigenvalue weighted by atomic mass is 10.3.